The van der Waals surface area contributed by atoms with E-state index in [0.717, 1.165) is 20.7 Å². The van der Waals surface area contributed by atoms with Crippen molar-refractivity contribution in [3.05, 3.63) is 58.6 Å². The summed E-state index contributed by atoms with van der Waals surface area (Å²) in [5.74, 6) is 0. The number of H-pyrrole nitrogens is 1. The van der Waals surface area contributed by atoms with Crippen molar-refractivity contribution < 1.29 is 0 Å². The second-order valence-corrected chi connectivity index (χ2v) is 7.06. The van der Waals surface area contributed by atoms with Gasteiger partial charge in [-0.15, -0.1) is 0 Å². The van der Waals surface area contributed by atoms with Gasteiger partial charge in [0.2, 0.25) is 0 Å². The smallest absolute Gasteiger partial charge is 0.167 e. The molecule has 0 saturated carbocycles. The number of halogens is 1. The molecule has 0 bridgehead atoms. The number of fused-ring (bicyclic) bond motifs is 1. The van der Waals surface area contributed by atoms with Gasteiger partial charge in [0, 0.05) is 10.5 Å². The predicted octanol–water partition coefficient (Wildman–Crippen LogP) is 4.51. The summed E-state index contributed by atoms with van der Waals surface area (Å²) < 4.78 is 1.07. The molecule has 0 aliphatic carbocycles. The molecule has 5 heteroatoms. The Balaban J connectivity index is 1.91. The maximum absolute atomic E-state index is 6.18. The van der Waals surface area contributed by atoms with Crippen molar-refractivity contribution in [2.45, 2.75) is 23.4 Å². The fourth-order valence-corrected chi connectivity index (χ4v) is 3.74. The Bertz CT molecular complexity index is 721. The molecular weight excluding hydrogens is 346 g/mol. The van der Waals surface area contributed by atoms with Crippen molar-refractivity contribution in [3.63, 3.8) is 0 Å². The van der Waals surface area contributed by atoms with E-state index in [2.05, 4.69) is 38.0 Å². The average molecular weight is 362 g/mol. The number of aromatic amines is 1. The summed E-state index contributed by atoms with van der Waals surface area (Å²) in [6.45, 7) is 2.03. The van der Waals surface area contributed by atoms with Gasteiger partial charge in [0.15, 0.2) is 5.16 Å². The van der Waals surface area contributed by atoms with Crippen molar-refractivity contribution in [3.8, 4) is 0 Å². The lowest BCUT2D eigenvalue weighted by Crippen LogP contribution is -2.22. The number of benzene rings is 2. The number of nitrogens with one attached hydrogen (secondary N) is 1. The molecule has 3 N–H and O–H groups in total. The minimum atomic E-state index is 0.0255. The van der Waals surface area contributed by atoms with Gasteiger partial charge < -0.3 is 10.7 Å². The van der Waals surface area contributed by atoms with Crippen LogP contribution in [0.25, 0.3) is 11.0 Å². The molecular formula is C16H16BrN3S. The van der Waals surface area contributed by atoms with Gasteiger partial charge in [0.05, 0.1) is 16.3 Å². The molecule has 2 aromatic carbocycles. The first-order chi connectivity index (χ1) is 10.1. The van der Waals surface area contributed by atoms with Crippen LogP contribution in [-0.4, -0.2) is 16.0 Å². The molecule has 2 unspecified atom stereocenters. The molecule has 3 nitrogen and oxygen atoms in total. The molecule has 1 heterocycles. The third-order valence-electron chi connectivity index (χ3n) is 3.26. The number of imidazole rings is 1. The van der Waals surface area contributed by atoms with Gasteiger partial charge in [-0.2, -0.15) is 0 Å². The highest BCUT2D eigenvalue weighted by Crippen LogP contribution is 2.37. The third-order valence-corrected chi connectivity index (χ3v) is 5.13. The summed E-state index contributed by atoms with van der Waals surface area (Å²) >= 11 is 5.19. The third kappa shape index (κ3) is 3.31. The van der Waals surface area contributed by atoms with Crippen LogP contribution in [0.1, 0.15) is 17.7 Å². The molecule has 1 aromatic heterocycles. The first-order valence-corrected chi connectivity index (χ1v) is 8.43. The number of para-hydroxylation sites is 2. The molecule has 0 spiro atoms. The Morgan fingerprint density at radius 1 is 1.19 bits per heavy atom. The van der Waals surface area contributed by atoms with E-state index in [0.29, 0.717) is 0 Å². The van der Waals surface area contributed by atoms with Crippen LogP contribution < -0.4 is 5.73 Å². The number of rotatable bonds is 4. The highest BCUT2D eigenvalue weighted by molar-refractivity contribution is 9.10. The number of nitrogens with zero attached hydrogens (tertiary/aromatic N) is 1. The van der Waals surface area contributed by atoms with Gasteiger partial charge in [-0.05, 0) is 36.8 Å². The highest BCUT2D eigenvalue weighted by Gasteiger charge is 2.19. The second kappa shape index (κ2) is 6.22. The normalized spacial score (nSPS) is 14.2. The Kier molecular flexibility index (Phi) is 4.33. The van der Waals surface area contributed by atoms with Gasteiger partial charge >= 0.3 is 0 Å². The molecule has 0 fully saturated rings. The lowest BCUT2D eigenvalue weighted by Gasteiger charge is -2.19. The summed E-state index contributed by atoms with van der Waals surface area (Å²) in [6, 6.07) is 16.3. The summed E-state index contributed by atoms with van der Waals surface area (Å²) in [4.78, 5) is 7.97. The van der Waals surface area contributed by atoms with E-state index in [1.165, 1.54) is 5.56 Å². The van der Waals surface area contributed by atoms with E-state index < -0.39 is 0 Å². The van der Waals surface area contributed by atoms with Crippen LogP contribution in [0.15, 0.2) is 58.2 Å². The van der Waals surface area contributed by atoms with Crippen molar-refractivity contribution in [1.29, 1.82) is 0 Å². The van der Waals surface area contributed by atoms with E-state index in [1.807, 2.05) is 43.3 Å². The predicted molar refractivity (Wildman–Crippen MR) is 92.5 cm³/mol. The van der Waals surface area contributed by atoms with Crippen LogP contribution in [-0.2, 0) is 0 Å². The van der Waals surface area contributed by atoms with E-state index in [9.17, 15) is 0 Å². The molecule has 2 atom stereocenters. The second-order valence-electron chi connectivity index (χ2n) is 5.01. The van der Waals surface area contributed by atoms with Crippen LogP contribution in [0.4, 0.5) is 0 Å². The minimum absolute atomic E-state index is 0.0255. The number of hydrogen-bond acceptors (Lipinski definition) is 3. The average Bonchev–Trinajstić information content (AvgIpc) is 2.87. The molecule has 3 aromatic rings. The molecule has 108 valence electrons. The number of hydrogen-bond donors (Lipinski definition) is 2. The van der Waals surface area contributed by atoms with Crippen LogP contribution in [0.2, 0.25) is 0 Å². The number of nitrogens with two attached hydrogens (primary N) is 1. The fourth-order valence-electron chi connectivity index (χ4n) is 2.27. The molecule has 3 rings (SSSR count). The van der Waals surface area contributed by atoms with Crippen molar-refractivity contribution >= 4 is 38.7 Å². The summed E-state index contributed by atoms with van der Waals surface area (Å²) in [6.07, 6.45) is 0. The Morgan fingerprint density at radius 2 is 2.00 bits per heavy atom. The number of aromatic nitrogens is 2. The lowest BCUT2D eigenvalue weighted by atomic mass is 10.1. The largest absolute Gasteiger partial charge is 0.333 e. The SMILES string of the molecule is CC(N)C(Sc1nc2ccccc2[nH]1)c1cccc(Br)c1. The quantitative estimate of drug-likeness (QED) is 0.672. The number of thioether (sulfide) groups is 1. The zero-order valence-corrected chi connectivity index (χ0v) is 14.0. The molecule has 0 aliphatic heterocycles. The van der Waals surface area contributed by atoms with E-state index in [4.69, 9.17) is 5.73 Å². The molecule has 21 heavy (non-hydrogen) atoms. The van der Waals surface area contributed by atoms with Gasteiger partial charge in [-0.3, -0.25) is 0 Å². The molecule has 0 saturated heterocycles. The summed E-state index contributed by atoms with van der Waals surface area (Å²) in [7, 11) is 0. The maximum atomic E-state index is 6.18. The van der Waals surface area contributed by atoms with Crippen LogP contribution in [0.5, 0.6) is 0 Å². The minimum Gasteiger partial charge on any atom is -0.333 e. The zero-order valence-electron chi connectivity index (χ0n) is 11.6. The van der Waals surface area contributed by atoms with Crippen molar-refractivity contribution in [1.82, 2.24) is 9.97 Å². The van der Waals surface area contributed by atoms with Gasteiger partial charge in [0.25, 0.3) is 0 Å². The lowest BCUT2D eigenvalue weighted by molar-refractivity contribution is 0.719. The van der Waals surface area contributed by atoms with E-state index in [-0.39, 0.29) is 11.3 Å². The first-order valence-electron chi connectivity index (χ1n) is 6.76. The van der Waals surface area contributed by atoms with E-state index in [1.54, 1.807) is 11.8 Å². The Hall–Kier alpha value is -1.30. The van der Waals surface area contributed by atoms with Crippen LogP contribution in [0.3, 0.4) is 0 Å². The van der Waals surface area contributed by atoms with Crippen LogP contribution in [0, 0.1) is 0 Å². The summed E-state index contributed by atoms with van der Waals surface area (Å²) in [5, 5.41) is 1.06. The Morgan fingerprint density at radius 3 is 2.71 bits per heavy atom. The monoisotopic (exact) mass is 361 g/mol. The topological polar surface area (TPSA) is 54.7 Å². The molecule has 0 radical (unpaired) electrons. The highest BCUT2D eigenvalue weighted by atomic mass is 79.9. The van der Waals surface area contributed by atoms with Gasteiger partial charge in [0.1, 0.15) is 0 Å². The Labute approximate surface area is 136 Å². The standard InChI is InChI=1S/C16H16BrN3S/c1-10(18)15(11-5-4-6-12(17)9-11)21-16-19-13-7-2-3-8-14(13)20-16/h2-10,15H,18H2,1H3,(H,19,20). The van der Waals surface area contributed by atoms with Crippen molar-refractivity contribution in [2.75, 3.05) is 0 Å². The maximum Gasteiger partial charge on any atom is 0.167 e. The first kappa shape index (κ1) is 14.6. The van der Waals surface area contributed by atoms with E-state index >= 15 is 0 Å². The fraction of sp³-hybridized carbons (Fsp3) is 0.188. The van der Waals surface area contributed by atoms with Gasteiger partial charge in [-0.25, -0.2) is 4.98 Å². The molecule has 0 aliphatic rings. The zero-order chi connectivity index (χ0) is 14.8. The van der Waals surface area contributed by atoms with Crippen molar-refractivity contribution in [2.24, 2.45) is 5.73 Å². The van der Waals surface area contributed by atoms with Crippen LogP contribution >= 0.6 is 27.7 Å². The van der Waals surface area contributed by atoms with Gasteiger partial charge in [-0.1, -0.05) is 52.0 Å². The summed E-state index contributed by atoms with van der Waals surface area (Å²) in [5.41, 5.74) is 9.42. The molecule has 0 amide bonds.